The Morgan fingerprint density at radius 3 is 2.06 bits per heavy atom. The topological polar surface area (TPSA) is 188 Å². The van der Waals surface area contributed by atoms with Crippen LogP contribution < -0.4 is 21.7 Å². The van der Waals surface area contributed by atoms with Crippen molar-refractivity contribution in [1.82, 2.24) is 25.8 Å². The summed E-state index contributed by atoms with van der Waals surface area (Å²) in [6.07, 6.45) is 5.72. The molecule has 0 aromatic carbocycles. The Morgan fingerprint density at radius 1 is 0.940 bits per heavy atom. The number of amides is 7. The summed E-state index contributed by atoms with van der Waals surface area (Å²) in [5.74, 6) is -3.69. The van der Waals surface area contributed by atoms with Gasteiger partial charge in [0.15, 0.2) is 0 Å². The van der Waals surface area contributed by atoms with Gasteiger partial charge < -0.3 is 26.6 Å². The summed E-state index contributed by atoms with van der Waals surface area (Å²) in [4.78, 5) is 96.2. The largest absolute Gasteiger partial charge is 0.363 e. The van der Waals surface area contributed by atoms with E-state index < -0.39 is 58.1 Å². The van der Waals surface area contributed by atoms with Crippen LogP contribution in [0.15, 0.2) is 0 Å². The Bertz CT molecular complexity index is 1430. The second-order valence-corrected chi connectivity index (χ2v) is 18.2. The van der Waals surface area contributed by atoms with Crippen molar-refractivity contribution < 1.29 is 33.6 Å². The summed E-state index contributed by atoms with van der Waals surface area (Å²) >= 11 is 0. The van der Waals surface area contributed by atoms with Gasteiger partial charge in [-0.3, -0.25) is 33.7 Å². The molecule has 278 valence electrons. The van der Waals surface area contributed by atoms with Gasteiger partial charge in [-0.25, -0.2) is 4.79 Å². The molecule has 0 radical (unpaired) electrons. The highest BCUT2D eigenvalue weighted by atomic mass is 16.2. The predicted octanol–water partition coefficient (Wildman–Crippen LogP) is 2.65. The summed E-state index contributed by atoms with van der Waals surface area (Å²) in [5.41, 5.74) is 2.88. The van der Waals surface area contributed by atoms with Crippen molar-refractivity contribution in [1.29, 1.82) is 0 Å². The maximum atomic E-state index is 14.6. The summed E-state index contributed by atoms with van der Waals surface area (Å²) in [7, 11) is 0. The zero-order valence-corrected chi connectivity index (χ0v) is 31.1. The van der Waals surface area contributed by atoms with Crippen molar-refractivity contribution in [3.8, 4) is 0 Å². The van der Waals surface area contributed by atoms with Gasteiger partial charge in [0.25, 0.3) is 5.91 Å². The molecule has 0 bridgehead atoms. The van der Waals surface area contributed by atoms with Crippen molar-refractivity contribution in [2.24, 2.45) is 45.7 Å². The first kappa shape index (κ1) is 37.7. The van der Waals surface area contributed by atoms with E-state index in [1.54, 1.807) is 4.90 Å². The van der Waals surface area contributed by atoms with Crippen LogP contribution in [0.5, 0.6) is 0 Å². The number of carbonyl (C=O) groups is 7. The number of imide groups is 1. The Labute approximate surface area is 295 Å². The van der Waals surface area contributed by atoms with Gasteiger partial charge in [0.05, 0.1) is 6.04 Å². The first-order chi connectivity index (χ1) is 23.1. The van der Waals surface area contributed by atoms with E-state index in [4.69, 9.17) is 5.73 Å². The minimum atomic E-state index is -1.35. The first-order valence-electron chi connectivity index (χ1n) is 18.5. The number of ketones is 1. The minimum absolute atomic E-state index is 0.0179. The number of hydrogen-bond donors (Lipinski definition) is 4. The molecule has 7 atom stereocenters. The van der Waals surface area contributed by atoms with Gasteiger partial charge in [0, 0.05) is 25.9 Å². The number of nitrogens with zero attached hydrogens (tertiary/aromatic N) is 2. The third-order valence-electron chi connectivity index (χ3n) is 12.6. The molecule has 50 heavy (non-hydrogen) atoms. The second kappa shape index (κ2) is 13.2. The number of primary amides is 1. The van der Waals surface area contributed by atoms with Crippen LogP contribution in [0.3, 0.4) is 0 Å². The monoisotopic (exact) mass is 698 g/mol. The normalized spacial score (nSPS) is 31.3. The van der Waals surface area contributed by atoms with Crippen LogP contribution in [0.2, 0.25) is 0 Å². The molecule has 2 saturated heterocycles. The smallest absolute Gasteiger partial charge is 0.315 e. The van der Waals surface area contributed by atoms with Gasteiger partial charge in [0.1, 0.15) is 17.6 Å². The van der Waals surface area contributed by atoms with E-state index in [0.717, 1.165) is 32.1 Å². The number of hydrogen-bond acceptors (Lipinski definition) is 7. The molecular weight excluding hydrogens is 640 g/mol. The number of likely N-dealkylation sites (tertiary alicyclic amines) is 2. The molecule has 5 N–H and O–H groups in total. The standard InChI is InChI=1S/C37H58N6O7/c1-9-21-15-37(21,29(46)30(38)47)41-31(48)28-26-22(36(26,7)8)18-43(28)32(49)27(20-13-11-10-12-14-20)40-33(50)39-23(34(2,3)4)19-42-24(44)16-35(5,6)17-25(42)45/h20-23,26-28H,9-19H2,1-8H3,(H2,38,47)(H,41,48)(H2,39,40,50)/t21-,22-,23+,26-,27-,28?,37?/m0/s1. The Kier molecular flexibility index (Phi) is 9.99. The maximum absolute atomic E-state index is 14.6. The van der Waals surface area contributed by atoms with Gasteiger partial charge in [-0.05, 0) is 59.2 Å². The molecule has 3 aliphatic carbocycles. The van der Waals surface area contributed by atoms with E-state index in [-0.39, 0.29) is 66.2 Å². The molecule has 7 amide bonds. The Morgan fingerprint density at radius 2 is 1.54 bits per heavy atom. The zero-order chi connectivity index (χ0) is 37.1. The summed E-state index contributed by atoms with van der Waals surface area (Å²) < 4.78 is 0. The molecule has 0 aromatic heterocycles. The maximum Gasteiger partial charge on any atom is 0.315 e. The van der Waals surface area contributed by atoms with Gasteiger partial charge in [-0.1, -0.05) is 81.1 Å². The average molecular weight is 699 g/mol. The number of fused-ring (bicyclic) bond motifs is 1. The summed E-state index contributed by atoms with van der Waals surface area (Å²) in [6.45, 7) is 15.9. The number of nitrogens with one attached hydrogen (secondary N) is 3. The van der Waals surface area contributed by atoms with Crippen molar-refractivity contribution in [2.75, 3.05) is 13.1 Å². The third kappa shape index (κ3) is 7.15. The lowest BCUT2D eigenvalue weighted by atomic mass is 9.80. The molecule has 0 spiro atoms. The van der Waals surface area contributed by atoms with Crippen LogP contribution in [0.4, 0.5) is 4.79 Å². The van der Waals surface area contributed by atoms with Crippen molar-refractivity contribution in [2.45, 2.75) is 137 Å². The van der Waals surface area contributed by atoms with Crippen LogP contribution in [0, 0.1) is 39.9 Å². The molecule has 3 saturated carbocycles. The van der Waals surface area contributed by atoms with Crippen LogP contribution in [-0.2, 0) is 28.8 Å². The van der Waals surface area contributed by atoms with Crippen LogP contribution in [-0.4, -0.2) is 87.9 Å². The summed E-state index contributed by atoms with van der Waals surface area (Å²) in [5, 5.41) is 8.86. The highest BCUT2D eigenvalue weighted by molar-refractivity contribution is 6.40. The van der Waals surface area contributed by atoms with E-state index in [2.05, 4.69) is 29.8 Å². The molecule has 2 unspecified atom stereocenters. The van der Waals surface area contributed by atoms with Crippen molar-refractivity contribution >= 4 is 41.4 Å². The number of rotatable bonds is 11. The first-order valence-corrected chi connectivity index (χ1v) is 18.5. The molecule has 5 rings (SSSR count). The Hall–Kier alpha value is -3.51. The van der Waals surface area contributed by atoms with Gasteiger partial charge >= 0.3 is 6.03 Å². The zero-order valence-electron chi connectivity index (χ0n) is 31.1. The molecule has 13 heteroatoms. The Balaban J connectivity index is 1.36. The van der Waals surface area contributed by atoms with Gasteiger partial charge in [-0.2, -0.15) is 0 Å². The molecule has 13 nitrogen and oxygen atoms in total. The molecule has 0 aromatic rings. The summed E-state index contributed by atoms with van der Waals surface area (Å²) in [6, 6.07) is -2.94. The van der Waals surface area contributed by atoms with Crippen LogP contribution >= 0.6 is 0 Å². The molecular formula is C37H58N6O7. The van der Waals surface area contributed by atoms with E-state index in [1.807, 2.05) is 41.5 Å². The van der Waals surface area contributed by atoms with E-state index in [9.17, 15) is 33.6 Å². The SMILES string of the molecule is CC[C@H]1CC1(NC(=O)C1[C@@H]2[C@H](CN1C(=O)[C@@H](NC(=O)N[C@H](CN1C(=O)CC(C)(C)CC1=O)C(C)(C)C)C1CCCCC1)C2(C)C)C(=O)C(N)=O. The fraction of sp³-hybridized carbons (Fsp3) is 0.811. The molecule has 5 aliphatic rings. The number of piperidine rings is 2. The quantitative estimate of drug-likeness (QED) is 0.189. The minimum Gasteiger partial charge on any atom is -0.363 e. The predicted molar refractivity (Wildman–Crippen MR) is 185 cm³/mol. The van der Waals surface area contributed by atoms with E-state index in [1.165, 1.54) is 4.90 Å². The van der Waals surface area contributed by atoms with Crippen LogP contribution in [0.1, 0.15) is 113 Å². The molecule has 5 fully saturated rings. The average Bonchev–Trinajstić information content (AvgIpc) is 3.77. The fourth-order valence-electron chi connectivity index (χ4n) is 9.14. The molecule has 2 aliphatic heterocycles. The van der Waals surface area contributed by atoms with Crippen molar-refractivity contribution in [3.63, 3.8) is 0 Å². The highest BCUT2D eigenvalue weighted by Crippen LogP contribution is 2.65. The number of Topliss-reactive ketones (excluding diaryl/α,β-unsaturated/α-hetero) is 1. The lowest BCUT2D eigenvalue weighted by Gasteiger charge is -2.40. The van der Waals surface area contributed by atoms with E-state index >= 15 is 0 Å². The van der Waals surface area contributed by atoms with E-state index in [0.29, 0.717) is 19.4 Å². The number of carbonyl (C=O) groups excluding carboxylic acids is 7. The van der Waals surface area contributed by atoms with Crippen LogP contribution in [0.25, 0.3) is 0 Å². The number of urea groups is 1. The third-order valence-corrected chi connectivity index (χ3v) is 12.6. The van der Waals surface area contributed by atoms with Gasteiger partial charge in [-0.15, -0.1) is 0 Å². The lowest BCUT2D eigenvalue weighted by molar-refractivity contribution is -0.153. The lowest BCUT2D eigenvalue weighted by Crippen LogP contribution is -2.62. The molecule has 2 heterocycles. The number of nitrogens with two attached hydrogens (primary N) is 1. The van der Waals surface area contributed by atoms with Gasteiger partial charge in [0.2, 0.25) is 29.4 Å². The van der Waals surface area contributed by atoms with Crippen molar-refractivity contribution in [3.05, 3.63) is 0 Å². The highest BCUT2D eigenvalue weighted by Gasteiger charge is 2.71. The fourth-order valence-corrected chi connectivity index (χ4v) is 9.14. The second-order valence-electron chi connectivity index (χ2n) is 18.2.